The summed E-state index contributed by atoms with van der Waals surface area (Å²) in [6, 6.07) is 2.00. The van der Waals surface area contributed by atoms with Crippen LogP contribution in [0.4, 0.5) is 0 Å². The molecule has 1 aromatic rings. The molecule has 0 atom stereocenters. The fourth-order valence-electron chi connectivity index (χ4n) is 1.26. The summed E-state index contributed by atoms with van der Waals surface area (Å²) in [5.74, 6) is 7.33. The molecular formula is C13H18N2OS2. The predicted octanol–water partition coefficient (Wildman–Crippen LogP) is 1.82. The van der Waals surface area contributed by atoms with E-state index in [0.29, 0.717) is 12.3 Å². The largest absolute Gasteiger partial charge is 0.355 e. The molecule has 0 aliphatic rings. The number of nitrogens with one attached hydrogen (secondary N) is 1. The zero-order valence-electron chi connectivity index (χ0n) is 10.5. The number of rotatable bonds is 6. The summed E-state index contributed by atoms with van der Waals surface area (Å²) < 4.78 is 0. The molecule has 0 unspecified atom stereocenters. The standard InChI is InChI=1S/C13H18N2OS2/c1-2-7-15-13(16)10-17-9-12-11(4-3-6-14)5-8-18-12/h5,8H,2,6-7,9-10,14H2,1H3,(H,15,16). The van der Waals surface area contributed by atoms with Crippen molar-refractivity contribution in [3.63, 3.8) is 0 Å². The molecule has 1 heterocycles. The van der Waals surface area contributed by atoms with E-state index in [0.717, 1.165) is 24.3 Å². The lowest BCUT2D eigenvalue weighted by Crippen LogP contribution is -2.25. The Morgan fingerprint density at radius 2 is 2.44 bits per heavy atom. The van der Waals surface area contributed by atoms with Gasteiger partial charge < -0.3 is 11.1 Å². The van der Waals surface area contributed by atoms with Gasteiger partial charge in [-0.15, -0.1) is 23.1 Å². The molecule has 3 N–H and O–H groups in total. The van der Waals surface area contributed by atoms with E-state index in [-0.39, 0.29) is 5.91 Å². The van der Waals surface area contributed by atoms with Gasteiger partial charge in [-0.25, -0.2) is 0 Å². The van der Waals surface area contributed by atoms with Gasteiger partial charge in [0.2, 0.25) is 5.91 Å². The predicted molar refractivity (Wildman–Crippen MR) is 79.7 cm³/mol. The molecule has 0 aliphatic heterocycles. The molecule has 1 aromatic heterocycles. The van der Waals surface area contributed by atoms with Crippen molar-refractivity contribution >= 4 is 29.0 Å². The third kappa shape index (κ3) is 5.58. The Balaban J connectivity index is 2.35. The van der Waals surface area contributed by atoms with Gasteiger partial charge in [0.1, 0.15) is 0 Å². The van der Waals surface area contributed by atoms with Crippen molar-refractivity contribution in [1.29, 1.82) is 0 Å². The number of carbonyl (C=O) groups excluding carboxylic acids is 1. The van der Waals surface area contributed by atoms with Gasteiger partial charge in [-0.2, -0.15) is 0 Å². The van der Waals surface area contributed by atoms with Crippen molar-refractivity contribution in [2.45, 2.75) is 19.1 Å². The summed E-state index contributed by atoms with van der Waals surface area (Å²) in [5.41, 5.74) is 6.39. The summed E-state index contributed by atoms with van der Waals surface area (Å²) in [6.07, 6.45) is 0.972. The van der Waals surface area contributed by atoms with Crippen LogP contribution in [0.1, 0.15) is 23.8 Å². The van der Waals surface area contributed by atoms with Crippen LogP contribution in [0.2, 0.25) is 0 Å². The number of hydrogen-bond donors (Lipinski definition) is 2. The minimum atomic E-state index is 0.105. The van der Waals surface area contributed by atoms with Gasteiger partial charge in [-0.1, -0.05) is 18.8 Å². The van der Waals surface area contributed by atoms with Crippen LogP contribution in [-0.4, -0.2) is 24.7 Å². The van der Waals surface area contributed by atoms with Gasteiger partial charge in [0, 0.05) is 22.7 Å². The molecule has 98 valence electrons. The van der Waals surface area contributed by atoms with Crippen LogP contribution in [0.25, 0.3) is 0 Å². The lowest BCUT2D eigenvalue weighted by atomic mass is 10.3. The summed E-state index contributed by atoms with van der Waals surface area (Å²) in [6.45, 7) is 3.18. The van der Waals surface area contributed by atoms with Crippen molar-refractivity contribution in [3.05, 3.63) is 21.9 Å². The summed E-state index contributed by atoms with van der Waals surface area (Å²) in [7, 11) is 0. The molecule has 0 radical (unpaired) electrons. The maximum atomic E-state index is 11.4. The molecule has 18 heavy (non-hydrogen) atoms. The van der Waals surface area contributed by atoms with Crippen molar-refractivity contribution in [2.75, 3.05) is 18.8 Å². The average Bonchev–Trinajstić information content (AvgIpc) is 2.81. The van der Waals surface area contributed by atoms with Crippen LogP contribution < -0.4 is 11.1 Å². The SMILES string of the molecule is CCCNC(=O)CSCc1sccc1C#CCN. The van der Waals surface area contributed by atoms with Crippen LogP contribution in [0.5, 0.6) is 0 Å². The van der Waals surface area contributed by atoms with E-state index in [2.05, 4.69) is 17.2 Å². The topological polar surface area (TPSA) is 55.1 Å². The lowest BCUT2D eigenvalue weighted by molar-refractivity contribution is -0.118. The van der Waals surface area contributed by atoms with Crippen LogP contribution in [-0.2, 0) is 10.5 Å². The van der Waals surface area contributed by atoms with E-state index in [4.69, 9.17) is 5.73 Å². The van der Waals surface area contributed by atoms with Crippen molar-refractivity contribution in [3.8, 4) is 11.8 Å². The van der Waals surface area contributed by atoms with E-state index >= 15 is 0 Å². The lowest BCUT2D eigenvalue weighted by Gasteiger charge is -2.02. The average molecular weight is 282 g/mol. The highest BCUT2D eigenvalue weighted by atomic mass is 32.2. The van der Waals surface area contributed by atoms with Crippen molar-refractivity contribution in [2.24, 2.45) is 5.73 Å². The Labute approximate surface area is 117 Å². The first-order chi connectivity index (χ1) is 8.77. The molecular weight excluding hydrogens is 264 g/mol. The summed E-state index contributed by atoms with van der Waals surface area (Å²) in [4.78, 5) is 12.6. The van der Waals surface area contributed by atoms with E-state index in [1.165, 1.54) is 4.88 Å². The smallest absolute Gasteiger partial charge is 0.230 e. The second-order valence-corrected chi connectivity index (χ2v) is 5.59. The molecule has 5 heteroatoms. The zero-order chi connectivity index (χ0) is 13.2. The normalized spacial score (nSPS) is 9.67. The van der Waals surface area contributed by atoms with Gasteiger partial charge in [0.25, 0.3) is 0 Å². The molecule has 0 aromatic carbocycles. The molecule has 0 bridgehead atoms. The highest BCUT2D eigenvalue weighted by Gasteiger charge is 2.04. The van der Waals surface area contributed by atoms with Gasteiger partial charge in [0.15, 0.2) is 0 Å². The van der Waals surface area contributed by atoms with Crippen LogP contribution in [0.3, 0.4) is 0 Å². The van der Waals surface area contributed by atoms with Crippen molar-refractivity contribution < 1.29 is 4.79 Å². The van der Waals surface area contributed by atoms with E-state index < -0.39 is 0 Å². The molecule has 0 saturated heterocycles. The Bertz CT molecular complexity index is 432. The Morgan fingerprint density at radius 1 is 1.61 bits per heavy atom. The molecule has 0 fully saturated rings. The summed E-state index contributed by atoms with van der Waals surface area (Å²) in [5, 5.41) is 4.88. The van der Waals surface area contributed by atoms with Gasteiger partial charge in [0.05, 0.1) is 12.3 Å². The van der Waals surface area contributed by atoms with Crippen LogP contribution >= 0.6 is 23.1 Å². The quantitative estimate of drug-likeness (QED) is 0.783. The van der Waals surface area contributed by atoms with E-state index in [9.17, 15) is 4.79 Å². The van der Waals surface area contributed by atoms with Gasteiger partial charge >= 0.3 is 0 Å². The third-order valence-electron chi connectivity index (χ3n) is 2.11. The maximum absolute atomic E-state index is 11.4. The first kappa shape index (κ1) is 15.1. The Morgan fingerprint density at radius 3 is 3.17 bits per heavy atom. The first-order valence-corrected chi connectivity index (χ1v) is 7.91. The Hall–Kier alpha value is -0.960. The molecule has 0 aliphatic carbocycles. The monoisotopic (exact) mass is 282 g/mol. The fourth-order valence-corrected chi connectivity index (χ4v) is 3.13. The molecule has 0 spiro atoms. The van der Waals surface area contributed by atoms with Gasteiger partial charge in [-0.3, -0.25) is 4.79 Å². The Kier molecular flexibility index (Phi) is 7.58. The number of hydrogen-bond acceptors (Lipinski definition) is 4. The number of thioether (sulfide) groups is 1. The number of amides is 1. The highest BCUT2D eigenvalue weighted by Crippen LogP contribution is 2.21. The number of thiophene rings is 1. The molecule has 1 amide bonds. The second-order valence-electron chi connectivity index (χ2n) is 3.61. The van der Waals surface area contributed by atoms with Crippen LogP contribution in [0.15, 0.2) is 11.4 Å². The van der Waals surface area contributed by atoms with Crippen LogP contribution in [0, 0.1) is 11.8 Å². The van der Waals surface area contributed by atoms with Crippen molar-refractivity contribution in [1.82, 2.24) is 5.32 Å². The number of carbonyl (C=O) groups is 1. The van der Waals surface area contributed by atoms with Gasteiger partial charge in [-0.05, 0) is 17.9 Å². The zero-order valence-corrected chi connectivity index (χ0v) is 12.1. The summed E-state index contributed by atoms with van der Waals surface area (Å²) >= 11 is 3.29. The molecule has 1 rings (SSSR count). The fraction of sp³-hybridized carbons (Fsp3) is 0.462. The first-order valence-electron chi connectivity index (χ1n) is 5.87. The second kappa shape index (κ2) is 9.03. The maximum Gasteiger partial charge on any atom is 0.230 e. The highest BCUT2D eigenvalue weighted by molar-refractivity contribution is 7.99. The number of nitrogens with two attached hydrogens (primary N) is 1. The molecule has 0 saturated carbocycles. The van der Waals surface area contributed by atoms with E-state index in [1.54, 1.807) is 23.1 Å². The third-order valence-corrected chi connectivity index (χ3v) is 4.17. The minimum Gasteiger partial charge on any atom is -0.355 e. The minimum absolute atomic E-state index is 0.105. The molecule has 3 nitrogen and oxygen atoms in total. The van der Waals surface area contributed by atoms with E-state index in [1.807, 2.05) is 18.4 Å².